The molecule has 1 aliphatic rings. The largest absolute Gasteiger partial charge is 0.448 e. The van der Waals surface area contributed by atoms with E-state index >= 15 is 0 Å². The zero-order valence-electron chi connectivity index (χ0n) is 8.23. The van der Waals surface area contributed by atoms with Gasteiger partial charge >= 0.3 is 6.09 Å². The molecule has 7 heteroatoms. The van der Waals surface area contributed by atoms with Crippen LogP contribution in [0.5, 0.6) is 0 Å². The molecule has 0 saturated carbocycles. The molecule has 1 aliphatic heterocycles. The van der Waals surface area contributed by atoms with Crippen LogP contribution in [0.1, 0.15) is 6.92 Å². The average Bonchev–Trinajstić information content (AvgIpc) is 2.54. The lowest BCUT2D eigenvalue weighted by atomic mass is 10.6. The number of fused-ring (bicyclic) bond motifs is 1. The molecule has 0 spiro atoms. The molecule has 15 heavy (non-hydrogen) atoms. The van der Waals surface area contributed by atoms with Gasteiger partial charge in [-0.15, -0.1) is 0 Å². The highest BCUT2D eigenvalue weighted by atomic mass is 16.6. The predicted octanol–water partition coefficient (Wildman–Crippen LogP) is 0.185. The summed E-state index contributed by atoms with van der Waals surface area (Å²) in [6, 6.07) is 1.52. The second-order valence-electron chi connectivity index (χ2n) is 2.93. The molecule has 0 amide bonds. The molecule has 0 aliphatic carbocycles. The van der Waals surface area contributed by atoms with E-state index in [9.17, 15) is 4.79 Å². The van der Waals surface area contributed by atoms with Gasteiger partial charge in [0.15, 0.2) is 5.49 Å². The quantitative estimate of drug-likeness (QED) is 0.692. The van der Waals surface area contributed by atoms with Crippen molar-refractivity contribution in [3.8, 4) is 0 Å². The third kappa shape index (κ3) is 1.51. The van der Waals surface area contributed by atoms with Crippen LogP contribution in [0.15, 0.2) is 11.2 Å². The van der Waals surface area contributed by atoms with Crippen LogP contribution in [-0.2, 0) is 11.3 Å². The zero-order valence-corrected chi connectivity index (χ0v) is 8.23. The fourth-order valence-electron chi connectivity index (χ4n) is 1.38. The smallest absolute Gasteiger partial charge is 0.435 e. The van der Waals surface area contributed by atoms with E-state index in [2.05, 4.69) is 10.5 Å². The number of anilines is 1. The van der Waals surface area contributed by atoms with E-state index in [1.165, 1.54) is 6.07 Å². The molecule has 0 atom stereocenters. The maximum absolute atomic E-state index is 11.5. The Morgan fingerprint density at radius 2 is 2.60 bits per heavy atom. The molecule has 0 unspecified atom stereocenters. The van der Waals surface area contributed by atoms with Crippen LogP contribution >= 0.6 is 0 Å². The Kier molecular flexibility index (Phi) is 2.28. The lowest BCUT2D eigenvalue weighted by molar-refractivity contribution is 0.145. The second kappa shape index (κ2) is 3.60. The van der Waals surface area contributed by atoms with E-state index in [4.69, 9.17) is 10.1 Å². The highest BCUT2D eigenvalue weighted by Crippen LogP contribution is 2.08. The van der Waals surface area contributed by atoms with Crippen molar-refractivity contribution in [2.45, 2.75) is 13.5 Å². The van der Waals surface area contributed by atoms with Crippen LogP contribution in [-0.4, -0.2) is 28.3 Å². The summed E-state index contributed by atoms with van der Waals surface area (Å²) in [5.74, 6) is 0.607. The standard InChI is InChI=1S/C8H11N5O2/c1-2-15-8(14)13-6(9)5-7-11-10-3-4-12(7)13/h3,5,9,11H,2,4H2,1H3. The molecular formula is C8H11N5O2. The van der Waals surface area contributed by atoms with E-state index in [-0.39, 0.29) is 12.1 Å². The Morgan fingerprint density at radius 1 is 1.80 bits per heavy atom. The van der Waals surface area contributed by atoms with Crippen LogP contribution < -0.4 is 10.9 Å². The van der Waals surface area contributed by atoms with E-state index < -0.39 is 6.09 Å². The third-order valence-electron chi connectivity index (χ3n) is 1.99. The van der Waals surface area contributed by atoms with Gasteiger partial charge in [-0.3, -0.25) is 15.5 Å². The molecule has 2 N–H and O–H groups in total. The first-order chi connectivity index (χ1) is 7.24. The Balaban J connectivity index is 2.44. The molecular weight excluding hydrogens is 198 g/mol. The summed E-state index contributed by atoms with van der Waals surface area (Å²) >= 11 is 0. The molecule has 0 radical (unpaired) electrons. The van der Waals surface area contributed by atoms with Gasteiger partial charge in [-0.05, 0) is 6.92 Å². The van der Waals surface area contributed by atoms with Crippen molar-refractivity contribution in [2.75, 3.05) is 12.0 Å². The lowest BCUT2D eigenvalue weighted by Crippen LogP contribution is -2.32. The molecule has 2 rings (SSSR count). The molecule has 1 aromatic heterocycles. The summed E-state index contributed by atoms with van der Waals surface area (Å²) in [4.78, 5) is 11.5. The first kappa shape index (κ1) is 9.50. The van der Waals surface area contributed by atoms with Crippen molar-refractivity contribution in [3.63, 3.8) is 0 Å². The lowest BCUT2D eigenvalue weighted by Gasteiger charge is -2.14. The Labute approximate surface area is 85.4 Å². The molecule has 80 valence electrons. The minimum atomic E-state index is -0.550. The zero-order chi connectivity index (χ0) is 10.8. The molecule has 0 fully saturated rings. The van der Waals surface area contributed by atoms with Crippen LogP contribution in [0, 0.1) is 5.41 Å². The predicted molar refractivity (Wildman–Crippen MR) is 52.8 cm³/mol. The summed E-state index contributed by atoms with van der Waals surface area (Å²) < 4.78 is 7.60. The first-order valence-corrected chi connectivity index (χ1v) is 4.56. The topological polar surface area (TPSA) is 84.4 Å². The van der Waals surface area contributed by atoms with Crippen molar-refractivity contribution in [3.05, 3.63) is 11.6 Å². The van der Waals surface area contributed by atoms with Crippen molar-refractivity contribution in [1.29, 1.82) is 5.41 Å². The first-order valence-electron chi connectivity index (χ1n) is 4.56. The number of rotatable bonds is 1. The minimum absolute atomic E-state index is 0.0708. The van der Waals surface area contributed by atoms with Crippen LogP contribution in [0.25, 0.3) is 0 Å². The summed E-state index contributed by atoms with van der Waals surface area (Å²) in [5.41, 5.74) is 2.78. The number of carbonyl (C=O) groups is 1. The van der Waals surface area contributed by atoms with Gasteiger partial charge in [0.05, 0.1) is 13.2 Å². The Bertz CT molecular complexity index is 470. The molecule has 7 nitrogen and oxygen atoms in total. The normalized spacial score (nSPS) is 13.1. The highest BCUT2D eigenvalue weighted by molar-refractivity contribution is 5.71. The second-order valence-corrected chi connectivity index (χ2v) is 2.93. The Hall–Kier alpha value is -2.05. The number of hydrogen-bond donors (Lipinski definition) is 2. The molecule has 0 bridgehead atoms. The van der Waals surface area contributed by atoms with Crippen molar-refractivity contribution in [1.82, 2.24) is 9.36 Å². The van der Waals surface area contributed by atoms with Gasteiger partial charge in [0.1, 0.15) is 5.82 Å². The summed E-state index contributed by atoms with van der Waals surface area (Å²) in [6.07, 6.45) is 1.06. The maximum Gasteiger partial charge on any atom is 0.435 e. The highest BCUT2D eigenvalue weighted by Gasteiger charge is 2.16. The molecule has 0 saturated heterocycles. The van der Waals surface area contributed by atoms with Gasteiger partial charge in [-0.2, -0.15) is 9.78 Å². The summed E-state index contributed by atoms with van der Waals surface area (Å²) in [5, 5.41) is 11.5. The van der Waals surface area contributed by atoms with Crippen molar-refractivity contribution in [2.24, 2.45) is 5.10 Å². The molecule has 1 aromatic rings. The Morgan fingerprint density at radius 3 is 3.33 bits per heavy atom. The van der Waals surface area contributed by atoms with E-state index in [1.807, 2.05) is 0 Å². The van der Waals surface area contributed by atoms with Gasteiger partial charge in [0, 0.05) is 12.3 Å². The fourth-order valence-corrected chi connectivity index (χ4v) is 1.38. The number of hydrogen-bond acceptors (Lipinski definition) is 5. The van der Waals surface area contributed by atoms with Gasteiger partial charge < -0.3 is 4.74 Å². The third-order valence-corrected chi connectivity index (χ3v) is 1.99. The van der Waals surface area contributed by atoms with Gasteiger partial charge in [-0.25, -0.2) is 4.79 Å². The summed E-state index contributed by atoms with van der Waals surface area (Å²) in [6.45, 7) is 2.45. The fraction of sp³-hybridized carbons (Fsp3) is 0.375. The monoisotopic (exact) mass is 209 g/mol. The molecule has 0 aromatic carbocycles. The van der Waals surface area contributed by atoms with E-state index in [0.717, 1.165) is 4.68 Å². The average molecular weight is 209 g/mol. The van der Waals surface area contributed by atoms with E-state index in [0.29, 0.717) is 12.4 Å². The van der Waals surface area contributed by atoms with Gasteiger partial charge in [0.2, 0.25) is 0 Å². The number of hydrazone groups is 1. The van der Waals surface area contributed by atoms with Crippen molar-refractivity contribution >= 4 is 18.1 Å². The number of nitrogens with one attached hydrogen (secondary N) is 2. The number of ether oxygens (including phenoxy) is 1. The van der Waals surface area contributed by atoms with Crippen molar-refractivity contribution < 1.29 is 9.53 Å². The van der Waals surface area contributed by atoms with Crippen LogP contribution in [0.4, 0.5) is 10.6 Å². The van der Waals surface area contributed by atoms with Crippen LogP contribution in [0.2, 0.25) is 0 Å². The van der Waals surface area contributed by atoms with Gasteiger partial charge in [-0.1, -0.05) is 0 Å². The number of nitrogens with zero attached hydrogens (tertiary/aromatic N) is 3. The maximum atomic E-state index is 11.5. The van der Waals surface area contributed by atoms with Gasteiger partial charge in [0.25, 0.3) is 0 Å². The summed E-state index contributed by atoms with van der Waals surface area (Å²) in [7, 11) is 0. The SMILES string of the molecule is CCOC(=O)n1c(=N)cc2n1CC=NN2. The number of carbonyl (C=O) groups excluding carboxylic acids is 1. The molecule has 2 heterocycles. The minimum Gasteiger partial charge on any atom is -0.448 e. The van der Waals surface area contributed by atoms with Crippen LogP contribution in [0.3, 0.4) is 0 Å². The number of aromatic nitrogens is 2. The van der Waals surface area contributed by atoms with E-state index in [1.54, 1.807) is 17.8 Å².